The molecule has 2 aromatic rings. The third-order valence-corrected chi connectivity index (χ3v) is 3.75. The Hall–Kier alpha value is -0.480. The van der Waals surface area contributed by atoms with Crippen molar-refractivity contribution in [3.05, 3.63) is 24.3 Å². The van der Waals surface area contributed by atoms with E-state index >= 15 is 0 Å². The van der Waals surface area contributed by atoms with E-state index in [0.717, 1.165) is 27.4 Å². The number of aromatic nitrogens is 1. The first-order valence-corrected chi connectivity index (χ1v) is 7.55. The first kappa shape index (κ1) is 12.0. The lowest BCUT2D eigenvalue weighted by Gasteiger charge is -1.95. The number of alkyl halides is 1. The lowest BCUT2D eigenvalue weighted by atomic mass is 10.3. The Morgan fingerprint density at radius 1 is 1.19 bits per heavy atom. The van der Waals surface area contributed by atoms with E-state index < -0.39 is 0 Å². The minimum absolute atomic E-state index is 0.792. The van der Waals surface area contributed by atoms with E-state index in [0.29, 0.717) is 0 Å². The highest BCUT2D eigenvalue weighted by Gasteiger charge is 2.04. The SMILES string of the molecule is BrCCCCCSc1nc2ccccc2o1. The van der Waals surface area contributed by atoms with Crippen LogP contribution in [0.5, 0.6) is 0 Å². The molecule has 0 radical (unpaired) electrons. The van der Waals surface area contributed by atoms with Gasteiger partial charge in [0.15, 0.2) is 5.58 Å². The summed E-state index contributed by atoms with van der Waals surface area (Å²) in [5.74, 6) is 1.08. The second kappa shape index (κ2) is 6.30. The van der Waals surface area contributed by atoms with Crippen LogP contribution in [0.4, 0.5) is 0 Å². The van der Waals surface area contributed by atoms with Crippen molar-refractivity contribution < 1.29 is 4.42 Å². The van der Waals surface area contributed by atoms with E-state index in [2.05, 4.69) is 20.9 Å². The summed E-state index contributed by atoms with van der Waals surface area (Å²) >= 11 is 5.14. The minimum Gasteiger partial charge on any atom is -0.431 e. The van der Waals surface area contributed by atoms with Gasteiger partial charge in [0.2, 0.25) is 0 Å². The highest BCUT2D eigenvalue weighted by atomic mass is 79.9. The number of fused-ring (bicyclic) bond motifs is 1. The van der Waals surface area contributed by atoms with Crippen LogP contribution in [0.2, 0.25) is 0 Å². The summed E-state index contributed by atoms with van der Waals surface area (Å²) in [7, 11) is 0. The van der Waals surface area contributed by atoms with Gasteiger partial charge in [0.05, 0.1) is 0 Å². The molecule has 0 unspecified atom stereocenters. The highest BCUT2D eigenvalue weighted by molar-refractivity contribution is 9.09. The highest BCUT2D eigenvalue weighted by Crippen LogP contribution is 2.23. The van der Waals surface area contributed by atoms with Gasteiger partial charge in [0.1, 0.15) is 5.52 Å². The monoisotopic (exact) mass is 299 g/mol. The number of rotatable bonds is 6. The van der Waals surface area contributed by atoms with Crippen LogP contribution in [0.15, 0.2) is 33.9 Å². The van der Waals surface area contributed by atoms with Gasteiger partial charge in [-0.15, -0.1) is 0 Å². The van der Waals surface area contributed by atoms with Crippen LogP contribution in [0, 0.1) is 0 Å². The molecular formula is C12H14BrNOS. The number of unbranched alkanes of at least 4 members (excludes halogenated alkanes) is 2. The van der Waals surface area contributed by atoms with Crippen molar-refractivity contribution in [1.82, 2.24) is 4.98 Å². The molecular weight excluding hydrogens is 286 g/mol. The molecule has 0 N–H and O–H groups in total. The second-order valence-electron chi connectivity index (χ2n) is 3.55. The van der Waals surface area contributed by atoms with Gasteiger partial charge in [-0.2, -0.15) is 0 Å². The number of hydrogen-bond acceptors (Lipinski definition) is 3. The number of oxazole rings is 1. The molecule has 0 amide bonds. The van der Waals surface area contributed by atoms with Crippen molar-refractivity contribution in [2.45, 2.75) is 24.5 Å². The van der Waals surface area contributed by atoms with Crippen LogP contribution < -0.4 is 0 Å². The van der Waals surface area contributed by atoms with Gasteiger partial charge in [0.25, 0.3) is 5.22 Å². The predicted molar refractivity (Wildman–Crippen MR) is 72.4 cm³/mol. The zero-order valence-corrected chi connectivity index (χ0v) is 11.4. The van der Waals surface area contributed by atoms with E-state index in [-0.39, 0.29) is 0 Å². The van der Waals surface area contributed by atoms with Gasteiger partial charge in [0, 0.05) is 11.1 Å². The fraction of sp³-hybridized carbons (Fsp3) is 0.417. The molecule has 2 rings (SSSR count). The van der Waals surface area contributed by atoms with E-state index in [9.17, 15) is 0 Å². The van der Waals surface area contributed by atoms with Gasteiger partial charge in [-0.25, -0.2) is 4.98 Å². The first-order chi connectivity index (χ1) is 7.90. The fourth-order valence-electron chi connectivity index (χ4n) is 1.45. The number of halogens is 1. The molecule has 0 aliphatic rings. The Morgan fingerprint density at radius 2 is 2.06 bits per heavy atom. The second-order valence-corrected chi connectivity index (χ2v) is 5.38. The fourth-order valence-corrected chi connectivity index (χ4v) is 2.68. The molecule has 0 saturated heterocycles. The predicted octanol–water partition coefficient (Wildman–Crippen LogP) is 4.49. The summed E-state index contributed by atoms with van der Waals surface area (Å²) in [6, 6.07) is 7.89. The zero-order valence-electron chi connectivity index (χ0n) is 8.99. The number of thioether (sulfide) groups is 1. The van der Waals surface area contributed by atoms with Crippen molar-refractivity contribution in [2.75, 3.05) is 11.1 Å². The number of benzene rings is 1. The van der Waals surface area contributed by atoms with Crippen LogP contribution >= 0.6 is 27.7 Å². The van der Waals surface area contributed by atoms with Gasteiger partial charge in [-0.05, 0) is 25.0 Å². The minimum atomic E-state index is 0.792. The normalized spacial score (nSPS) is 11.1. The van der Waals surface area contributed by atoms with Crippen molar-refractivity contribution in [3.63, 3.8) is 0 Å². The maximum atomic E-state index is 5.62. The standard InChI is InChI=1S/C12H14BrNOS/c13-8-4-1-5-9-16-12-14-10-6-2-3-7-11(10)15-12/h2-3,6-7H,1,4-5,8-9H2. The van der Waals surface area contributed by atoms with Crippen molar-refractivity contribution >= 4 is 38.8 Å². The maximum absolute atomic E-state index is 5.62. The lowest BCUT2D eigenvalue weighted by Crippen LogP contribution is -1.82. The van der Waals surface area contributed by atoms with Crippen LogP contribution in [-0.2, 0) is 0 Å². The largest absolute Gasteiger partial charge is 0.431 e. The Balaban J connectivity index is 1.85. The molecule has 0 atom stereocenters. The first-order valence-electron chi connectivity index (χ1n) is 5.44. The molecule has 86 valence electrons. The number of para-hydroxylation sites is 2. The summed E-state index contributed by atoms with van der Waals surface area (Å²) in [6.07, 6.45) is 3.72. The topological polar surface area (TPSA) is 26.0 Å². The molecule has 0 aliphatic heterocycles. The Morgan fingerprint density at radius 3 is 2.88 bits per heavy atom. The Labute approximate surface area is 108 Å². The Bertz CT molecular complexity index is 410. The maximum Gasteiger partial charge on any atom is 0.256 e. The molecule has 1 aromatic heterocycles. The third kappa shape index (κ3) is 3.25. The number of hydrogen-bond donors (Lipinski definition) is 0. The quantitative estimate of drug-likeness (QED) is 0.447. The van der Waals surface area contributed by atoms with Crippen LogP contribution in [0.3, 0.4) is 0 Å². The van der Waals surface area contributed by atoms with Crippen LogP contribution in [0.25, 0.3) is 11.1 Å². The molecule has 4 heteroatoms. The molecule has 0 spiro atoms. The van der Waals surface area contributed by atoms with Gasteiger partial charge in [-0.3, -0.25) is 0 Å². The zero-order chi connectivity index (χ0) is 11.2. The molecule has 0 saturated carbocycles. The average Bonchev–Trinajstić information content (AvgIpc) is 2.71. The van der Waals surface area contributed by atoms with E-state index in [1.165, 1.54) is 19.3 Å². The summed E-state index contributed by atoms with van der Waals surface area (Å²) in [6.45, 7) is 0. The molecule has 16 heavy (non-hydrogen) atoms. The molecule has 0 fully saturated rings. The Kier molecular flexibility index (Phi) is 4.72. The molecule has 1 heterocycles. The lowest BCUT2D eigenvalue weighted by molar-refractivity contribution is 0.489. The molecule has 0 bridgehead atoms. The average molecular weight is 300 g/mol. The van der Waals surface area contributed by atoms with Crippen molar-refractivity contribution in [1.29, 1.82) is 0 Å². The van der Waals surface area contributed by atoms with E-state index in [1.807, 2.05) is 24.3 Å². The number of nitrogens with zero attached hydrogens (tertiary/aromatic N) is 1. The van der Waals surface area contributed by atoms with Gasteiger partial charge in [-0.1, -0.05) is 46.2 Å². The molecule has 2 nitrogen and oxygen atoms in total. The summed E-state index contributed by atoms with van der Waals surface area (Å²) in [5, 5.41) is 1.89. The van der Waals surface area contributed by atoms with Gasteiger partial charge < -0.3 is 4.42 Å². The van der Waals surface area contributed by atoms with Crippen molar-refractivity contribution in [2.24, 2.45) is 0 Å². The van der Waals surface area contributed by atoms with Crippen LogP contribution in [0.1, 0.15) is 19.3 Å². The van der Waals surface area contributed by atoms with Gasteiger partial charge >= 0.3 is 0 Å². The van der Waals surface area contributed by atoms with Crippen molar-refractivity contribution in [3.8, 4) is 0 Å². The molecule has 0 aliphatic carbocycles. The smallest absolute Gasteiger partial charge is 0.256 e. The summed E-state index contributed by atoms with van der Waals surface area (Å²) in [5.41, 5.74) is 1.83. The van der Waals surface area contributed by atoms with E-state index in [4.69, 9.17) is 4.42 Å². The molecule has 1 aromatic carbocycles. The van der Waals surface area contributed by atoms with E-state index in [1.54, 1.807) is 11.8 Å². The summed E-state index contributed by atoms with van der Waals surface area (Å²) in [4.78, 5) is 4.42. The summed E-state index contributed by atoms with van der Waals surface area (Å²) < 4.78 is 5.62. The van der Waals surface area contributed by atoms with Crippen LogP contribution in [-0.4, -0.2) is 16.1 Å². The third-order valence-electron chi connectivity index (χ3n) is 2.28.